The van der Waals surface area contributed by atoms with E-state index in [2.05, 4.69) is 17.1 Å². The van der Waals surface area contributed by atoms with Crippen LogP contribution in [0.3, 0.4) is 0 Å². The van der Waals surface area contributed by atoms with Crippen LogP contribution in [0.25, 0.3) is 0 Å². The van der Waals surface area contributed by atoms with Gasteiger partial charge in [-0.05, 0) is 19.9 Å². The SMILES string of the molecule is CC(C)(C#N)c1cc[c]cn1. The molecule has 0 aromatic carbocycles. The maximum Gasteiger partial charge on any atom is 0.0937 e. The molecule has 0 aliphatic carbocycles. The molecule has 1 rings (SSSR count). The van der Waals surface area contributed by atoms with Crippen molar-refractivity contribution in [1.82, 2.24) is 4.98 Å². The Balaban J connectivity index is 3.05. The Kier molecular flexibility index (Phi) is 1.91. The van der Waals surface area contributed by atoms with Gasteiger partial charge in [-0.2, -0.15) is 5.26 Å². The highest BCUT2D eigenvalue weighted by Gasteiger charge is 2.20. The molecule has 0 bridgehead atoms. The molecule has 0 spiro atoms. The fraction of sp³-hybridized carbons (Fsp3) is 0.333. The lowest BCUT2D eigenvalue weighted by molar-refractivity contribution is 0.659. The largest absolute Gasteiger partial charge is 0.259 e. The highest BCUT2D eigenvalue weighted by Crippen LogP contribution is 2.18. The number of hydrogen-bond acceptors (Lipinski definition) is 2. The lowest BCUT2D eigenvalue weighted by Gasteiger charge is -2.12. The molecule has 55 valence electrons. The van der Waals surface area contributed by atoms with Gasteiger partial charge in [0, 0.05) is 12.3 Å². The molecule has 0 amide bonds. The molecule has 0 saturated heterocycles. The van der Waals surface area contributed by atoms with Gasteiger partial charge in [-0.3, -0.25) is 4.98 Å². The number of aromatic nitrogens is 1. The van der Waals surface area contributed by atoms with Crippen molar-refractivity contribution in [3.05, 3.63) is 30.1 Å². The molecule has 0 N–H and O–H groups in total. The van der Waals surface area contributed by atoms with E-state index >= 15 is 0 Å². The van der Waals surface area contributed by atoms with Gasteiger partial charge in [-0.1, -0.05) is 6.07 Å². The number of nitriles is 1. The van der Waals surface area contributed by atoms with Crippen LogP contribution in [0.15, 0.2) is 18.3 Å². The summed E-state index contributed by atoms with van der Waals surface area (Å²) in [6.07, 6.45) is 1.58. The first-order valence-corrected chi connectivity index (χ1v) is 3.40. The van der Waals surface area contributed by atoms with Crippen LogP contribution >= 0.6 is 0 Å². The van der Waals surface area contributed by atoms with Gasteiger partial charge in [0.1, 0.15) is 0 Å². The Morgan fingerprint density at radius 1 is 1.64 bits per heavy atom. The Bertz CT molecular complexity index is 269. The Labute approximate surface area is 66.5 Å². The second-order valence-electron chi connectivity index (χ2n) is 2.88. The van der Waals surface area contributed by atoms with E-state index in [1.165, 1.54) is 0 Å². The van der Waals surface area contributed by atoms with Crippen molar-refractivity contribution in [2.75, 3.05) is 0 Å². The number of rotatable bonds is 1. The smallest absolute Gasteiger partial charge is 0.0937 e. The van der Waals surface area contributed by atoms with E-state index < -0.39 is 5.41 Å². The van der Waals surface area contributed by atoms with Gasteiger partial charge in [0.25, 0.3) is 0 Å². The summed E-state index contributed by atoms with van der Waals surface area (Å²) in [7, 11) is 0. The van der Waals surface area contributed by atoms with Crippen LogP contribution in [0.5, 0.6) is 0 Å². The molecule has 2 heteroatoms. The maximum atomic E-state index is 8.75. The standard InChI is InChI=1S/C9H9N2/c1-9(2,7-10)8-5-3-4-6-11-8/h3,5-6H,1-2H3. The molecular weight excluding hydrogens is 136 g/mol. The van der Waals surface area contributed by atoms with Crippen LogP contribution in [-0.2, 0) is 5.41 Å². The Morgan fingerprint density at radius 2 is 2.36 bits per heavy atom. The van der Waals surface area contributed by atoms with Crippen LogP contribution in [0, 0.1) is 17.4 Å². The lowest BCUT2D eigenvalue weighted by Crippen LogP contribution is -2.15. The molecule has 0 saturated carbocycles. The number of nitrogens with zero attached hydrogens (tertiary/aromatic N) is 2. The summed E-state index contributed by atoms with van der Waals surface area (Å²) in [4.78, 5) is 4.04. The van der Waals surface area contributed by atoms with E-state index in [0.29, 0.717) is 0 Å². The fourth-order valence-electron chi connectivity index (χ4n) is 0.747. The van der Waals surface area contributed by atoms with Crippen molar-refractivity contribution in [3.8, 4) is 6.07 Å². The second-order valence-corrected chi connectivity index (χ2v) is 2.88. The summed E-state index contributed by atoms with van der Waals surface area (Å²) >= 11 is 0. The minimum absolute atomic E-state index is 0.491. The zero-order valence-corrected chi connectivity index (χ0v) is 6.63. The van der Waals surface area contributed by atoms with E-state index in [1.54, 1.807) is 12.3 Å². The normalized spacial score (nSPS) is 10.6. The van der Waals surface area contributed by atoms with Crippen LogP contribution in [0.2, 0.25) is 0 Å². The minimum Gasteiger partial charge on any atom is -0.259 e. The van der Waals surface area contributed by atoms with Crippen molar-refractivity contribution in [3.63, 3.8) is 0 Å². The molecule has 1 heterocycles. The molecule has 11 heavy (non-hydrogen) atoms. The summed E-state index contributed by atoms with van der Waals surface area (Å²) < 4.78 is 0. The number of pyridine rings is 1. The topological polar surface area (TPSA) is 36.7 Å². The molecule has 1 aromatic heterocycles. The molecule has 0 aliphatic rings. The molecule has 0 atom stereocenters. The average Bonchev–Trinajstić information content (AvgIpc) is 2.06. The van der Waals surface area contributed by atoms with Crippen LogP contribution in [0.4, 0.5) is 0 Å². The molecular formula is C9H9N2. The average molecular weight is 145 g/mol. The molecule has 1 aromatic rings. The monoisotopic (exact) mass is 145 g/mol. The summed E-state index contributed by atoms with van der Waals surface area (Å²) in [6.45, 7) is 3.69. The Morgan fingerprint density at radius 3 is 2.82 bits per heavy atom. The van der Waals surface area contributed by atoms with E-state index in [0.717, 1.165) is 5.69 Å². The molecule has 0 fully saturated rings. The molecule has 0 aliphatic heterocycles. The summed E-state index contributed by atoms with van der Waals surface area (Å²) in [5.41, 5.74) is 0.300. The van der Waals surface area contributed by atoms with Crippen molar-refractivity contribution >= 4 is 0 Å². The lowest BCUT2D eigenvalue weighted by atomic mass is 9.91. The third-order valence-corrected chi connectivity index (χ3v) is 1.54. The van der Waals surface area contributed by atoms with Crippen LogP contribution in [0.1, 0.15) is 19.5 Å². The molecule has 2 nitrogen and oxygen atoms in total. The van der Waals surface area contributed by atoms with Crippen molar-refractivity contribution in [2.24, 2.45) is 0 Å². The van der Waals surface area contributed by atoms with Gasteiger partial charge in [0.15, 0.2) is 0 Å². The molecule has 1 radical (unpaired) electrons. The summed E-state index contributed by atoms with van der Waals surface area (Å²) in [5, 5.41) is 8.75. The minimum atomic E-state index is -0.491. The van der Waals surface area contributed by atoms with E-state index in [-0.39, 0.29) is 0 Å². The third kappa shape index (κ3) is 1.56. The third-order valence-electron chi connectivity index (χ3n) is 1.54. The first-order chi connectivity index (χ1) is 5.17. The predicted octanol–water partition coefficient (Wildman–Crippen LogP) is 1.68. The van der Waals surface area contributed by atoms with E-state index in [1.807, 2.05) is 19.9 Å². The predicted molar refractivity (Wildman–Crippen MR) is 41.7 cm³/mol. The summed E-state index contributed by atoms with van der Waals surface area (Å²) in [5.74, 6) is 0. The Hall–Kier alpha value is -1.36. The highest BCUT2D eigenvalue weighted by atomic mass is 14.7. The van der Waals surface area contributed by atoms with Gasteiger partial charge >= 0.3 is 0 Å². The van der Waals surface area contributed by atoms with E-state index in [4.69, 9.17) is 5.26 Å². The fourth-order valence-corrected chi connectivity index (χ4v) is 0.747. The summed E-state index contributed by atoms with van der Waals surface area (Å²) in [6, 6.07) is 8.56. The van der Waals surface area contributed by atoms with Crippen LogP contribution in [-0.4, -0.2) is 4.98 Å². The van der Waals surface area contributed by atoms with E-state index in [9.17, 15) is 0 Å². The highest BCUT2D eigenvalue weighted by molar-refractivity contribution is 5.22. The van der Waals surface area contributed by atoms with Crippen molar-refractivity contribution in [2.45, 2.75) is 19.3 Å². The zero-order valence-electron chi connectivity index (χ0n) is 6.63. The van der Waals surface area contributed by atoms with Gasteiger partial charge < -0.3 is 0 Å². The maximum absolute atomic E-state index is 8.75. The van der Waals surface area contributed by atoms with Gasteiger partial charge in [0.05, 0.1) is 17.2 Å². The number of hydrogen-bond donors (Lipinski definition) is 0. The van der Waals surface area contributed by atoms with Gasteiger partial charge in [-0.25, -0.2) is 0 Å². The van der Waals surface area contributed by atoms with Crippen LogP contribution < -0.4 is 0 Å². The first-order valence-electron chi connectivity index (χ1n) is 3.40. The van der Waals surface area contributed by atoms with Gasteiger partial charge in [-0.15, -0.1) is 0 Å². The molecule has 0 unspecified atom stereocenters. The first kappa shape index (κ1) is 7.74. The van der Waals surface area contributed by atoms with Gasteiger partial charge in [0.2, 0.25) is 0 Å². The van der Waals surface area contributed by atoms with Crippen molar-refractivity contribution < 1.29 is 0 Å². The van der Waals surface area contributed by atoms with Crippen molar-refractivity contribution in [1.29, 1.82) is 5.26 Å². The second kappa shape index (κ2) is 2.71. The zero-order chi connectivity index (χ0) is 8.32. The quantitative estimate of drug-likeness (QED) is 0.602.